The molecule has 128 valence electrons. The van der Waals surface area contributed by atoms with Crippen LogP contribution in [0.2, 0.25) is 0 Å². The van der Waals surface area contributed by atoms with Gasteiger partial charge in [-0.15, -0.1) is 0 Å². The number of nitrogens with one attached hydrogen (secondary N) is 1. The second kappa shape index (κ2) is 10.2. The van der Waals surface area contributed by atoms with Gasteiger partial charge in [0.1, 0.15) is 11.5 Å². The first kappa shape index (κ1) is 18.5. The van der Waals surface area contributed by atoms with Crippen LogP contribution in [0.15, 0.2) is 53.0 Å². The van der Waals surface area contributed by atoms with Crippen LogP contribution in [0.25, 0.3) is 0 Å². The van der Waals surface area contributed by atoms with Gasteiger partial charge in [0.25, 0.3) is 0 Å². The van der Waals surface area contributed by atoms with Crippen LogP contribution in [0.3, 0.4) is 0 Å². The number of halogens is 1. The fourth-order valence-corrected chi connectivity index (χ4v) is 2.48. The van der Waals surface area contributed by atoms with Gasteiger partial charge < -0.3 is 20.5 Å². The summed E-state index contributed by atoms with van der Waals surface area (Å²) in [7, 11) is 0. The first-order chi connectivity index (χ1) is 11.6. The molecule has 6 heteroatoms. The molecule has 4 nitrogen and oxygen atoms in total. The Morgan fingerprint density at radius 3 is 2.29 bits per heavy atom. The lowest BCUT2D eigenvalue weighted by molar-refractivity contribution is 0.279. The molecule has 0 saturated carbocycles. The van der Waals surface area contributed by atoms with E-state index in [4.69, 9.17) is 27.4 Å². The van der Waals surface area contributed by atoms with Crippen LogP contribution in [0.1, 0.15) is 19.3 Å². The highest BCUT2D eigenvalue weighted by atomic mass is 79.9. The quantitative estimate of drug-likeness (QED) is 0.463. The summed E-state index contributed by atoms with van der Waals surface area (Å²) in [6, 6.07) is 15.5. The van der Waals surface area contributed by atoms with Gasteiger partial charge in [0.05, 0.1) is 13.2 Å². The molecule has 3 N–H and O–H groups in total. The van der Waals surface area contributed by atoms with Gasteiger partial charge in [0.2, 0.25) is 0 Å². The van der Waals surface area contributed by atoms with E-state index in [-0.39, 0.29) is 5.11 Å². The van der Waals surface area contributed by atoms with Gasteiger partial charge in [-0.2, -0.15) is 0 Å². The number of rotatable bonds is 9. The van der Waals surface area contributed by atoms with E-state index < -0.39 is 0 Å². The summed E-state index contributed by atoms with van der Waals surface area (Å²) in [5.41, 5.74) is 6.29. The second-order valence-electron chi connectivity index (χ2n) is 5.23. The van der Waals surface area contributed by atoms with E-state index in [1.807, 2.05) is 48.5 Å². The number of benzene rings is 2. The molecule has 0 aromatic heterocycles. The average Bonchev–Trinajstić information content (AvgIpc) is 2.55. The number of nitrogens with two attached hydrogens (primary N) is 1. The summed E-state index contributed by atoms with van der Waals surface area (Å²) in [6.07, 6.45) is 3.04. The van der Waals surface area contributed by atoms with Gasteiger partial charge in [-0.1, -0.05) is 22.0 Å². The van der Waals surface area contributed by atoms with Gasteiger partial charge in [0.15, 0.2) is 5.11 Å². The predicted octanol–water partition coefficient (Wildman–Crippen LogP) is 4.73. The summed E-state index contributed by atoms with van der Waals surface area (Å²) in [5, 5.41) is 3.14. The fourth-order valence-electron chi connectivity index (χ4n) is 2.10. The monoisotopic (exact) mass is 408 g/mol. The number of hydrogen-bond acceptors (Lipinski definition) is 3. The summed E-state index contributed by atoms with van der Waals surface area (Å²) in [5.74, 6) is 1.71. The third-order valence-corrected chi connectivity index (χ3v) is 3.87. The Balaban J connectivity index is 1.58. The van der Waals surface area contributed by atoms with Gasteiger partial charge in [-0.3, -0.25) is 0 Å². The van der Waals surface area contributed by atoms with E-state index in [9.17, 15) is 0 Å². The van der Waals surface area contributed by atoms with E-state index in [1.54, 1.807) is 0 Å². The average molecular weight is 409 g/mol. The van der Waals surface area contributed by atoms with Gasteiger partial charge in [-0.05, 0) is 67.9 Å². The highest BCUT2D eigenvalue weighted by Gasteiger charge is 1.98. The lowest BCUT2D eigenvalue weighted by atomic mass is 10.2. The molecule has 24 heavy (non-hydrogen) atoms. The van der Waals surface area contributed by atoms with E-state index in [1.165, 1.54) is 0 Å². The van der Waals surface area contributed by atoms with Crippen molar-refractivity contribution in [1.82, 2.24) is 0 Å². The highest BCUT2D eigenvalue weighted by Crippen LogP contribution is 2.18. The topological polar surface area (TPSA) is 56.5 Å². The molecule has 0 atom stereocenters. The Kier molecular flexibility index (Phi) is 7.85. The molecular formula is C18H21BrN2O2S. The molecule has 2 rings (SSSR count). The third-order valence-electron chi connectivity index (χ3n) is 3.24. The predicted molar refractivity (Wildman–Crippen MR) is 106 cm³/mol. The third kappa shape index (κ3) is 7.19. The van der Waals surface area contributed by atoms with Crippen LogP contribution in [-0.2, 0) is 0 Å². The zero-order valence-electron chi connectivity index (χ0n) is 13.3. The molecule has 0 aliphatic carbocycles. The Bertz CT molecular complexity index is 650. The first-order valence-electron chi connectivity index (χ1n) is 7.81. The maximum absolute atomic E-state index is 5.74. The second-order valence-corrected chi connectivity index (χ2v) is 6.58. The Morgan fingerprint density at radius 1 is 0.958 bits per heavy atom. The minimum Gasteiger partial charge on any atom is -0.494 e. The molecule has 2 aromatic rings. The number of anilines is 1. The minimum atomic E-state index is 0.248. The number of unbranched alkanes of at least 4 members (excludes halogenated alkanes) is 2. The van der Waals surface area contributed by atoms with Crippen LogP contribution in [0, 0.1) is 0 Å². The Labute approximate surface area is 156 Å². The highest BCUT2D eigenvalue weighted by molar-refractivity contribution is 9.10. The summed E-state index contributed by atoms with van der Waals surface area (Å²) in [4.78, 5) is 0. The summed E-state index contributed by atoms with van der Waals surface area (Å²) in [6.45, 7) is 1.39. The van der Waals surface area contributed by atoms with E-state index in [2.05, 4.69) is 21.2 Å². The normalized spacial score (nSPS) is 10.2. The van der Waals surface area contributed by atoms with E-state index in [0.29, 0.717) is 6.61 Å². The lowest BCUT2D eigenvalue weighted by Gasteiger charge is -2.09. The number of ether oxygens (including phenoxy) is 2. The van der Waals surface area contributed by atoms with Crippen molar-refractivity contribution in [3.63, 3.8) is 0 Å². The first-order valence-corrected chi connectivity index (χ1v) is 9.01. The number of hydrogen-bond donors (Lipinski definition) is 2. The Morgan fingerprint density at radius 2 is 1.62 bits per heavy atom. The molecule has 0 fully saturated rings. The van der Waals surface area contributed by atoms with Gasteiger partial charge in [-0.25, -0.2) is 0 Å². The zero-order valence-corrected chi connectivity index (χ0v) is 15.7. The van der Waals surface area contributed by atoms with Crippen LogP contribution >= 0.6 is 28.1 Å². The van der Waals surface area contributed by atoms with E-state index >= 15 is 0 Å². The van der Waals surface area contributed by atoms with Gasteiger partial charge in [0, 0.05) is 16.2 Å². The van der Waals surface area contributed by atoms with Crippen LogP contribution < -0.4 is 20.5 Å². The lowest BCUT2D eigenvalue weighted by Crippen LogP contribution is -2.18. The smallest absolute Gasteiger partial charge is 0.168 e. The summed E-state index contributed by atoms with van der Waals surface area (Å²) < 4.78 is 12.5. The largest absolute Gasteiger partial charge is 0.494 e. The van der Waals surface area contributed by atoms with Gasteiger partial charge >= 0.3 is 0 Å². The van der Waals surface area contributed by atoms with Crippen molar-refractivity contribution in [2.24, 2.45) is 5.73 Å². The Hall–Kier alpha value is -1.79. The maximum atomic E-state index is 5.74. The SMILES string of the molecule is NC(=S)Nc1cccc(OCCCCCOc2ccc(Br)cc2)c1. The molecule has 2 aromatic carbocycles. The zero-order chi connectivity index (χ0) is 17.2. The molecule has 0 aliphatic heterocycles. The van der Waals surface area contributed by atoms with Crippen molar-refractivity contribution in [2.75, 3.05) is 18.5 Å². The van der Waals surface area contributed by atoms with Crippen LogP contribution in [0.4, 0.5) is 5.69 Å². The molecule has 0 heterocycles. The molecule has 0 unspecified atom stereocenters. The van der Waals surface area contributed by atoms with Crippen molar-refractivity contribution < 1.29 is 9.47 Å². The fraction of sp³-hybridized carbons (Fsp3) is 0.278. The minimum absolute atomic E-state index is 0.248. The van der Waals surface area contributed by atoms with Crippen molar-refractivity contribution in [2.45, 2.75) is 19.3 Å². The molecule has 0 bridgehead atoms. The maximum Gasteiger partial charge on any atom is 0.168 e. The standard InChI is InChI=1S/C18H21BrN2O2S/c19-14-7-9-16(10-8-14)22-11-2-1-3-12-23-17-6-4-5-15(13-17)21-18(20)24/h4-10,13H,1-3,11-12H2,(H3,20,21,24). The van der Waals surface area contributed by atoms with Crippen LogP contribution in [-0.4, -0.2) is 18.3 Å². The number of thiocarbonyl (C=S) groups is 1. The molecule has 0 spiro atoms. The van der Waals surface area contributed by atoms with E-state index in [0.717, 1.165) is 47.5 Å². The van der Waals surface area contributed by atoms with Crippen LogP contribution in [0.5, 0.6) is 11.5 Å². The molecule has 0 radical (unpaired) electrons. The molecule has 0 aliphatic rings. The summed E-state index contributed by atoms with van der Waals surface area (Å²) >= 11 is 8.23. The van der Waals surface area contributed by atoms with Crippen molar-refractivity contribution >= 4 is 38.9 Å². The van der Waals surface area contributed by atoms with Crippen molar-refractivity contribution in [1.29, 1.82) is 0 Å². The van der Waals surface area contributed by atoms with Crippen molar-refractivity contribution in [3.8, 4) is 11.5 Å². The molecular weight excluding hydrogens is 388 g/mol. The molecule has 0 saturated heterocycles. The van der Waals surface area contributed by atoms with Crippen molar-refractivity contribution in [3.05, 3.63) is 53.0 Å². The molecule has 0 amide bonds.